The van der Waals surface area contributed by atoms with Crippen LogP contribution in [0.2, 0.25) is 0 Å². The van der Waals surface area contributed by atoms with E-state index in [0.29, 0.717) is 6.54 Å². The SMILES string of the molecule is COc1ccc(OC)c(CN2CCN(Cc3ccc(S(=O)(=O)C(F)F)cc3)CC2)c1. The van der Waals surface area contributed by atoms with E-state index < -0.39 is 15.6 Å². The van der Waals surface area contributed by atoms with Gasteiger partial charge in [-0.25, -0.2) is 8.42 Å². The quantitative estimate of drug-likeness (QED) is 0.629. The smallest absolute Gasteiger partial charge is 0.341 e. The zero-order chi connectivity index (χ0) is 21.7. The summed E-state index contributed by atoms with van der Waals surface area (Å²) in [5.74, 6) is -1.78. The van der Waals surface area contributed by atoms with Crippen LogP contribution in [0.15, 0.2) is 47.4 Å². The molecule has 164 valence electrons. The molecule has 0 atom stereocenters. The molecule has 1 heterocycles. The first-order valence-corrected chi connectivity index (χ1v) is 11.1. The third-order valence-electron chi connectivity index (χ3n) is 5.24. The van der Waals surface area contributed by atoms with Gasteiger partial charge in [0, 0.05) is 44.8 Å². The molecule has 9 heteroatoms. The monoisotopic (exact) mass is 440 g/mol. The summed E-state index contributed by atoms with van der Waals surface area (Å²) >= 11 is 0. The van der Waals surface area contributed by atoms with Crippen LogP contribution in [0.1, 0.15) is 11.1 Å². The van der Waals surface area contributed by atoms with E-state index in [-0.39, 0.29) is 4.90 Å². The van der Waals surface area contributed by atoms with Crippen molar-refractivity contribution in [3.05, 3.63) is 53.6 Å². The molecule has 1 saturated heterocycles. The highest BCUT2D eigenvalue weighted by molar-refractivity contribution is 7.91. The molecule has 0 aliphatic carbocycles. The minimum atomic E-state index is -4.55. The zero-order valence-electron chi connectivity index (χ0n) is 17.1. The number of methoxy groups -OCH3 is 2. The fraction of sp³-hybridized carbons (Fsp3) is 0.429. The van der Waals surface area contributed by atoms with Crippen molar-refractivity contribution in [1.29, 1.82) is 0 Å². The number of hydrogen-bond donors (Lipinski definition) is 0. The Morgan fingerprint density at radius 1 is 0.900 bits per heavy atom. The van der Waals surface area contributed by atoms with Gasteiger partial charge in [-0.2, -0.15) is 8.78 Å². The van der Waals surface area contributed by atoms with Gasteiger partial charge in [-0.15, -0.1) is 0 Å². The second-order valence-electron chi connectivity index (χ2n) is 7.18. The fourth-order valence-corrected chi connectivity index (χ4v) is 4.22. The normalized spacial score (nSPS) is 16.0. The van der Waals surface area contributed by atoms with E-state index in [1.54, 1.807) is 26.4 Å². The maximum Gasteiger partial charge on any atom is 0.341 e. The van der Waals surface area contributed by atoms with Crippen molar-refractivity contribution in [2.75, 3.05) is 40.4 Å². The number of nitrogens with zero attached hydrogens (tertiary/aromatic N) is 2. The lowest BCUT2D eigenvalue weighted by atomic mass is 10.1. The molecule has 3 rings (SSSR count). The number of ether oxygens (including phenoxy) is 2. The standard InChI is InChI=1S/C21H26F2N2O4S/c1-28-18-5-8-20(29-2)17(13-18)15-25-11-9-24(10-12-25)14-16-3-6-19(7-4-16)30(26,27)21(22)23/h3-8,13,21H,9-12,14-15H2,1-2H3. The number of alkyl halides is 2. The van der Waals surface area contributed by atoms with E-state index >= 15 is 0 Å². The van der Waals surface area contributed by atoms with Gasteiger partial charge < -0.3 is 9.47 Å². The van der Waals surface area contributed by atoms with Gasteiger partial charge in [-0.05, 0) is 35.9 Å². The molecule has 0 spiro atoms. The maximum atomic E-state index is 12.6. The van der Waals surface area contributed by atoms with Crippen LogP contribution in [0.5, 0.6) is 11.5 Å². The fourth-order valence-electron chi connectivity index (χ4n) is 3.50. The van der Waals surface area contributed by atoms with Crippen molar-refractivity contribution in [3.63, 3.8) is 0 Å². The molecule has 2 aromatic rings. The minimum absolute atomic E-state index is 0.349. The number of piperazine rings is 1. The van der Waals surface area contributed by atoms with Gasteiger partial charge in [0.25, 0.3) is 0 Å². The van der Waals surface area contributed by atoms with Crippen molar-refractivity contribution in [2.24, 2.45) is 0 Å². The van der Waals surface area contributed by atoms with Crippen LogP contribution in [-0.2, 0) is 22.9 Å². The first-order chi connectivity index (χ1) is 14.3. The molecule has 1 fully saturated rings. The Morgan fingerprint density at radius 2 is 1.50 bits per heavy atom. The summed E-state index contributed by atoms with van der Waals surface area (Å²) in [4.78, 5) is 4.25. The van der Waals surface area contributed by atoms with Crippen LogP contribution in [0.4, 0.5) is 8.78 Å². The average molecular weight is 441 g/mol. The minimum Gasteiger partial charge on any atom is -0.497 e. The molecule has 0 saturated carbocycles. The third kappa shape index (κ3) is 5.27. The van der Waals surface area contributed by atoms with Gasteiger partial charge in [0.1, 0.15) is 11.5 Å². The molecule has 1 aliphatic heterocycles. The molecule has 30 heavy (non-hydrogen) atoms. The number of halogens is 2. The molecule has 0 N–H and O–H groups in total. The molecule has 1 aliphatic rings. The van der Waals surface area contributed by atoms with Gasteiger partial charge in [0.2, 0.25) is 9.84 Å². The maximum absolute atomic E-state index is 12.6. The summed E-state index contributed by atoms with van der Waals surface area (Å²) in [5, 5.41) is 0. The van der Waals surface area contributed by atoms with Crippen LogP contribution >= 0.6 is 0 Å². The van der Waals surface area contributed by atoms with Crippen molar-refractivity contribution in [2.45, 2.75) is 23.7 Å². The molecule has 6 nitrogen and oxygen atoms in total. The second-order valence-corrected chi connectivity index (χ2v) is 9.10. The lowest BCUT2D eigenvalue weighted by Gasteiger charge is -2.35. The van der Waals surface area contributed by atoms with Crippen molar-refractivity contribution in [1.82, 2.24) is 9.80 Å². The van der Waals surface area contributed by atoms with Gasteiger partial charge in [-0.3, -0.25) is 9.80 Å². The second kappa shape index (κ2) is 9.72. The van der Waals surface area contributed by atoms with E-state index in [9.17, 15) is 17.2 Å². The third-order valence-corrected chi connectivity index (χ3v) is 6.64. The number of rotatable bonds is 8. The van der Waals surface area contributed by atoms with E-state index in [0.717, 1.165) is 55.3 Å². The van der Waals surface area contributed by atoms with Gasteiger partial charge in [-0.1, -0.05) is 12.1 Å². The predicted octanol–water partition coefficient (Wildman–Crippen LogP) is 3.02. The van der Waals surface area contributed by atoms with Crippen LogP contribution < -0.4 is 9.47 Å². The highest BCUT2D eigenvalue weighted by Crippen LogP contribution is 2.26. The first-order valence-electron chi connectivity index (χ1n) is 9.60. The van der Waals surface area contributed by atoms with E-state index in [1.807, 2.05) is 18.2 Å². The Morgan fingerprint density at radius 3 is 2.03 bits per heavy atom. The Bertz CT molecular complexity index is 944. The number of hydrogen-bond acceptors (Lipinski definition) is 6. The van der Waals surface area contributed by atoms with Crippen LogP contribution in [0.3, 0.4) is 0 Å². The summed E-state index contributed by atoms with van der Waals surface area (Å²) in [6.45, 7) is 4.85. The van der Waals surface area contributed by atoms with E-state index in [4.69, 9.17) is 9.47 Å². The predicted molar refractivity (Wildman–Crippen MR) is 110 cm³/mol. The lowest BCUT2D eigenvalue weighted by Crippen LogP contribution is -2.45. The molecule has 0 unspecified atom stereocenters. The zero-order valence-corrected chi connectivity index (χ0v) is 17.9. The Hall–Kier alpha value is -2.23. The Balaban J connectivity index is 1.55. The molecular weight excluding hydrogens is 414 g/mol. The average Bonchev–Trinajstić information content (AvgIpc) is 2.75. The topological polar surface area (TPSA) is 59.1 Å². The van der Waals surface area contributed by atoms with E-state index in [1.165, 1.54) is 12.1 Å². The molecular formula is C21H26F2N2O4S. The highest BCUT2D eigenvalue weighted by Gasteiger charge is 2.26. The van der Waals surface area contributed by atoms with Gasteiger partial charge in [0.05, 0.1) is 19.1 Å². The van der Waals surface area contributed by atoms with Crippen molar-refractivity contribution < 1.29 is 26.7 Å². The van der Waals surface area contributed by atoms with Gasteiger partial charge in [0.15, 0.2) is 0 Å². The number of benzene rings is 2. The summed E-state index contributed by atoms with van der Waals surface area (Å²) in [6.07, 6.45) is 0. The largest absolute Gasteiger partial charge is 0.497 e. The van der Waals surface area contributed by atoms with Crippen LogP contribution in [0, 0.1) is 0 Å². The lowest BCUT2D eigenvalue weighted by molar-refractivity contribution is 0.121. The van der Waals surface area contributed by atoms with Crippen LogP contribution in [0.25, 0.3) is 0 Å². The summed E-state index contributed by atoms with van der Waals surface area (Å²) in [7, 11) is -1.25. The molecule has 2 aromatic carbocycles. The van der Waals surface area contributed by atoms with Crippen molar-refractivity contribution in [3.8, 4) is 11.5 Å². The summed E-state index contributed by atoms with van der Waals surface area (Å²) in [6, 6.07) is 11.5. The van der Waals surface area contributed by atoms with Crippen molar-refractivity contribution >= 4 is 9.84 Å². The molecule has 0 radical (unpaired) electrons. The first kappa shape index (κ1) is 22.5. The Kier molecular flexibility index (Phi) is 7.27. The molecule has 0 bridgehead atoms. The Labute approximate surface area is 175 Å². The number of sulfone groups is 1. The summed E-state index contributed by atoms with van der Waals surface area (Å²) in [5.41, 5.74) is 1.97. The molecule has 0 aromatic heterocycles. The molecule has 0 amide bonds. The highest BCUT2D eigenvalue weighted by atomic mass is 32.2. The van der Waals surface area contributed by atoms with Crippen LogP contribution in [-0.4, -0.2) is 64.4 Å². The van der Waals surface area contributed by atoms with E-state index in [2.05, 4.69) is 9.80 Å². The van der Waals surface area contributed by atoms with Gasteiger partial charge >= 0.3 is 5.76 Å². The summed E-state index contributed by atoms with van der Waals surface area (Å²) < 4.78 is 59.1.